The maximum atomic E-state index is 11.9. The van der Waals surface area contributed by atoms with Gasteiger partial charge in [0.2, 0.25) is 0 Å². The Morgan fingerprint density at radius 2 is 2.03 bits per heavy atom. The lowest BCUT2D eigenvalue weighted by Gasteiger charge is -2.08. The normalized spacial score (nSPS) is 17.6. The van der Waals surface area contributed by atoms with E-state index in [9.17, 15) is 4.79 Å². The molecule has 0 bridgehead atoms. The quantitative estimate of drug-likeness (QED) is 0.594. The van der Waals surface area contributed by atoms with Crippen LogP contribution in [0.1, 0.15) is 36.1 Å². The van der Waals surface area contributed by atoms with Crippen molar-refractivity contribution in [3.05, 3.63) is 77.6 Å². The number of esters is 1. The lowest BCUT2D eigenvalue weighted by Crippen LogP contribution is -2.07. The number of aromatic nitrogens is 2. The van der Waals surface area contributed by atoms with E-state index in [2.05, 4.69) is 41.5 Å². The summed E-state index contributed by atoms with van der Waals surface area (Å²) in [5.74, 6) is 0.827. The van der Waals surface area contributed by atoms with Gasteiger partial charge in [-0.2, -0.15) is 0 Å². The molecule has 3 aromatic rings. The standard InChI is InChI=1S/C24H25N3O2/c1-3-29-24(28)20-13-19(20)22-9-5-8-21(27-22)18-10-11-23(26-15-18)25-14-17-7-4-6-16(2)12-17/h4-12,15,19-20H,3,13-14H2,1-2H3,(H,25,26)/t19-,20-/m0/s1. The minimum absolute atomic E-state index is 0.0518. The Morgan fingerprint density at radius 1 is 1.17 bits per heavy atom. The first-order valence-electron chi connectivity index (χ1n) is 10.0. The molecule has 148 valence electrons. The third-order valence-electron chi connectivity index (χ3n) is 5.15. The Morgan fingerprint density at radius 3 is 2.79 bits per heavy atom. The highest BCUT2D eigenvalue weighted by molar-refractivity contribution is 5.77. The van der Waals surface area contributed by atoms with Crippen molar-refractivity contribution in [2.24, 2.45) is 5.92 Å². The minimum Gasteiger partial charge on any atom is -0.466 e. The molecule has 0 saturated heterocycles. The van der Waals surface area contributed by atoms with Crippen LogP contribution in [0.4, 0.5) is 5.82 Å². The Kier molecular flexibility index (Phi) is 5.56. The van der Waals surface area contributed by atoms with Gasteiger partial charge in [0.05, 0.1) is 18.2 Å². The fraction of sp³-hybridized carbons (Fsp3) is 0.292. The number of benzene rings is 1. The lowest BCUT2D eigenvalue weighted by molar-refractivity contribution is -0.144. The van der Waals surface area contributed by atoms with Crippen LogP contribution in [0.15, 0.2) is 60.8 Å². The fourth-order valence-electron chi connectivity index (χ4n) is 3.52. The van der Waals surface area contributed by atoms with Gasteiger partial charge in [-0.1, -0.05) is 35.9 Å². The van der Waals surface area contributed by atoms with Gasteiger partial charge in [0, 0.05) is 29.9 Å². The van der Waals surface area contributed by atoms with E-state index in [1.807, 2.05) is 43.5 Å². The molecule has 1 fully saturated rings. The van der Waals surface area contributed by atoms with Crippen molar-refractivity contribution < 1.29 is 9.53 Å². The van der Waals surface area contributed by atoms with Crippen LogP contribution in [0.25, 0.3) is 11.3 Å². The maximum Gasteiger partial charge on any atom is 0.309 e. The monoisotopic (exact) mass is 387 g/mol. The molecule has 1 aromatic carbocycles. The summed E-state index contributed by atoms with van der Waals surface area (Å²) in [5, 5.41) is 3.35. The van der Waals surface area contributed by atoms with Crippen LogP contribution in [-0.2, 0) is 16.1 Å². The summed E-state index contributed by atoms with van der Waals surface area (Å²) < 4.78 is 5.12. The van der Waals surface area contributed by atoms with Crippen molar-refractivity contribution in [2.75, 3.05) is 11.9 Å². The van der Waals surface area contributed by atoms with Gasteiger partial charge in [-0.25, -0.2) is 4.98 Å². The van der Waals surface area contributed by atoms with E-state index >= 15 is 0 Å². The summed E-state index contributed by atoms with van der Waals surface area (Å²) in [5.41, 5.74) is 5.25. The van der Waals surface area contributed by atoms with Gasteiger partial charge in [-0.3, -0.25) is 9.78 Å². The molecule has 0 radical (unpaired) electrons. The van der Waals surface area contributed by atoms with Crippen LogP contribution in [0.5, 0.6) is 0 Å². The smallest absolute Gasteiger partial charge is 0.309 e. The molecule has 2 heterocycles. The third kappa shape index (κ3) is 4.62. The van der Waals surface area contributed by atoms with Gasteiger partial charge in [0.15, 0.2) is 0 Å². The summed E-state index contributed by atoms with van der Waals surface area (Å²) in [6.07, 6.45) is 2.65. The highest BCUT2D eigenvalue weighted by Crippen LogP contribution is 2.47. The highest BCUT2D eigenvalue weighted by Gasteiger charge is 2.46. The molecule has 5 nitrogen and oxygen atoms in total. The van der Waals surface area contributed by atoms with E-state index in [1.54, 1.807) is 0 Å². The molecule has 1 aliphatic carbocycles. The predicted molar refractivity (Wildman–Crippen MR) is 113 cm³/mol. The number of carbonyl (C=O) groups excluding carboxylic acids is 1. The first-order valence-corrected chi connectivity index (χ1v) is 10.0. The summed E-state index contributed by atoms with van der Waals surface area (Å²) >= 11 is 0. The first-order chi connectivity index (χ1) is 14.1. The van der Waals surface area contributed by atoms with E-state index in [4.69, 9.17) is 9.72 Å². The van der Waals surface area contributed by atoms with E-state index in [0.717, 1.165) is 35.7 Å². The molecular formula is C24H25N3O2. The van der Waals surface area contributed by atoms with Crippen molar-refractivity contribution >= 4 is 11.8 Å². The molecule has 1 N–H and O–H groups in total. The number of hydrogen-bond acceptors (Lipinski definition) is 5. The second-order valence-corrected chi connectivity index (χ2v) is 7.42. The van der Waals surface area contributed by atoms with Crippen molar-refractivity contribution in [1.82, 2.24) is 9.97 Å². The molecule has 0 aliphatic heterocycles. The SMILES string of the molecule is CCOC(=O)[C@H]1C[C@@H]1c1cccc(-c2ccc(NCc3cccc(C)c3)nc2)n1. The number of anilines is 1. The predicted octanol–water partition coefficient (Wildman–Crippen LogP) is 4.73. The van der Waals surface area contributed by atoms with Crippen LogP contribution in [0.2, 0.25) is 0 Å². The summed E-state index contributed by atoms with van der Waals surface area (Å²) in [6.45, 7) is 5.08. The lowest BCUT2D eigenvalue weighted by atomic mass is 10.1. The zero-order valence-electron chi connectivity index (χ0n) is 16.8. The van der Waals surface area contributed by atoms with Crippen molar-refractivity contribution in [3.63, 3.8) is 0 Å². The Bertz CT molecular complexity index is 1000. The molecule has 0 spiro atoms. The molecule has 29 heavy (non-hydrogen) atoms. The number of rotatable bonds is 7. The van der Waals surface area contributed by atoms with Crippen molar-refractivity contribution in [3.8, 4) is 11.3 Å². The van der Waals surface area contributed by atoms with E-state index in [0.29, 0.717) is 6.61 Å². The van der Waals surface area contributed by atoms with Crippen LogP contribution in [-0.4, -0.2) is 22.5 Å². The minimum atomic E-state index is -0.115. The molecule has 4 rings (SSSR count). The van der Waals surface area contributed by atoms with Gasteiger partial charge in [-0.15, -0.1) is 0 Å². The average Bonchev–Trinajstić information content (AvgIpc) is 3.54. The van der Waals surface area contributed by atoms with E-state index in [1.165, 1.54) is 11.1 Å². The molecule has 2 atom stereocenters. The van der Waals surface area contributed by atoms with Crippen LogP contribution in [0.3, 0.4) is 0 Å². The number of nitrogens with one attached hydrogen (secondary N) is 1. The summed E-state index contributed by atoms with van der Waals surface area (Å²) in [4.78, 5) is 21.2. The van der Waals surface area contributed by atoms with E-state index < -0.39 is 0 Å². The topological polar surface area (TPSA) is 64.1 Å². The maximum absolute atomic E-state index is 11.9. The van der Waals surface area contributed by atoms with Gasteiger partial charge in [0.25, 0.3) is 0 Å². The summed E-state index contributed by atoms with van der Waals surface area (Å²) in [7, 11) is 0. The molecule has 5 heteroatoms. The summed E-state index contributed by atoms with van der Waals surface area (Å²) in [6, 6.07) is 18.4. The zero-order valence-corrected chi connectivity index (χ0v) is 16.8. The number of pyridine rings is 2. The third-order valence-corrected chi connectivity index (χ3v) is 5.15. The molecule has 0 amide bonds. The number of nitrogens with zero attached hydrogens (tertiary/aromatic N) is 2. The van der Waals surface area contributed by atoms with Gasteiger partial charge in [-0.05, 0) is 50.1 Å². The second kappa shape index (κ2) is 8.43. The Labute approximate surface area is 171 Å². The number of hydrogen-bond donors (Lipinski definition) is 1. The average molecular weight is 387 g/mol. The fourth-order valence-corrected chi connectivity index (χ4v) is 3.52. The number of ether oxygens (including phenoxy) is 1. The second-order valence-electron chi connectivity index (χ2n) is 7.42. The van der Waals surface area contributed by atoms with Crippen LogP contribution < -0.4 is 5.32 Å². The van der Waals surface area contributed by atoms with Crippen molar-refractivity contribution in [2.45, 2.75) is 32.7 Å². The van der Waals surface area contributed by atoms with Crippen LogP contribution in [0, 0.1) is 12.8 Å². The number of aryl methyl sites for hydroxylation is 1. The molecular weight excluding hydrogens is 362 g/mol. The van der Waals surface area contributed by atoms with Gasteiger partial charge in [0.1, 0.15) is 5.82 Å². The first kappa shape index (κ1) is 19.1. The number of carbonyl (C=O) groups is 1. The Balaban J connectivity index is 1.41. The van der Waals surface area contributed by atoms with Gasteiger partial charge >= 0.3 is 5.97 Å². The van der Waals surface area contributed by atoms with Crippen molar-refractivity contribution in [1.29, 1.82) is 0 Å². The molecule has 2 aromatic heterocycles. The molecule has 0 unspecified atom stereocenters. The zero-order chi connectivity index (χ0) is 20.2. The molecule has 1 saturated carbocycles. The van der Waals surface area contributed by atoms with Gasteiger partial charge < -0.3 is 10.1 Å². The molecule has 1 aliphatic rings. The van der Waals surface area contributed by atoms with E-state index in [-0.39, 0.29) is 17.8 Å². The largest absolute Gasteiger partial charge is 0.466 e. The van der Waals surface area contributed by atoms with Crippen LogP contribution >= 0.6 is 0 Å². The highest BCUT2D eigenvalue weighted by atomic mass is 16.5. The Hall–Kier alpha value is -3.21.